The highest BCUT2D eigenvalue weighted by Crippen LogP contribution is 2.43. The molecule has 6 heteroatoms. The summed E-state index contributed by atoms with van der Waals surface area (Å²) in [6.07, 6.45) is 6.45. The summed E-state index contributed by atoms with van der Waals surface area (Å²) in [4.78, 5) is 32.2. The lowest BCUT2D eigenvalue weighted by Gasteiger charge is -2.26. The summed E-state index contributed by atoms with van der Waals surface area (Å²) in [6, 6.07) is 1.62. The number of nitrogens with one attached hydrogen (secondary N) is 2. The van der Waals surface area contributed by atoms with Crippen molar-refractivity contribution < 1.29 is 11.0 Å². The molecule has 1 saturated heterocycles. The second-order valence-corrected chi connectivity index (χ2v) is 5.36. The zero-order valence-corrected chi connectivity index (χ0v) is 12.8. The predicted octanol–water partition coefficient (Wildman–Crippen LogP) is 3.16. The third kappa shape index (κ3) is 2.56. The number of nitrogens with zero attached hydrogens (tertiary/aromatic N) is 2. The van der Waals surface area contributed by atoms with E-state index in [1.54, 1.807) is 11.1 Å². The first-order valence-corrected chi connectivity index (χ1v) is 7.81. The highest BCUT2D eigenvalue weighted by Gasteiger charge is 2.28. The number of H-pyrrole nitrogens is 1. The van der Waals surface area contributed by atoms with E-state index in [9.17, 15) is 9.59 Å². The van der Waals surface area contributed by atoms with Crippen molar-refractivity contribution in [2.24, 2.45) is 0 Å². The van der Waals surface area contributed by atoms with Crippen LogP contribution in [0.15, 0.2) is 18.5 Å². The molecule has 118 valence electrons. The van der Waals surface area contributed by atoms with Crippen molar-refractivity contribution in [3.63, 3.8) is 0 Å². The van der Waals surface area contributed by atoms with Gasteiger partial charge in [0.1, 0.15) is 5.65 Å². The van der Waals surface area contributed by atoms with Crippen LogP contribution in [-0.4, -0.2) is 28.5 Å². The van der Waals surface area contributed by atoms with Gasteiger partial charge in [0.05, 0.1) is 11.9 Å². The molecule has 2 aliphatic rings. The van der Waals surface area contributed by atoms with Gasteiger partial charge >= 0.3 is 6.03 Å². The molecule has 1 saturated carbocycles. The van der Waals surface area contributed by atoms with Crippen LogP contribution in [0.1, 0.15) is 46.0 Å². The number of imide groups is 1. The van der Waals surface area contributed by atoms with Crippen LogP contribution in [0.25, 0.3) is 11.0 Å². The number of aromatic nitrogens is 2. The maximum atomic E-state index is 11.9. The summed E-state index contributed by atoms with van der Waals surface area (Å²) in [5.41, 5.74) is 2.87. The molecule has 22 heavy (non-hydrogen) atoms. The fourth-order valence-electron chi connectivity index (χ4n) is 2.70. The molecule has 1 aliphatic carbocycles. The van der Waals surface area contributed by atoms with E-state index in [4.69, 9.17) is 0 Å². The molecule has 0 radical (unpaired) electrons. The van der Waals surface area contributed by atoms with Gasteiger partial charge in [0, 0.05) is 26.0 Å². The van der Waals surface area contributed by atoms with Crippen LogP contribution in [-0.2, 0) is 4.79 Å². The van der Waals surface area contributed by atoms with E-state index in [2.05, 4.69) is 15.3 Å². The van der Waals surface area contributed by atoms with Gasteiger partial charge in [0.25, 0.3) is 0 Å². The van der Waals surface area contributed by atoms with Gasteiger partial charge in [-0.05, 0) is 30.4 Å². The Bertz CT molecular complexity index is 724. The van der Waals surface area contributed by atoms with E-state index >= 15 is 0 Å². The lowest BCUT2D eigenvalue weighted by Crippen LogP contribution is -2.49. The molecule has 0 unspecified atom stereocenters. The van der Waals surface area contributed by atoms with Gasteiger partial charge in [-0.3, -0.25) is 15.0 Å². The molecule has 3 amide bonds. The number of urea groups is 1. The average molecular weight is 302 g/mol. The maximum absolute atomic E-state index is 11.9. The molecule has 0 atom stereocenters. The van der Waals surface area contributed by atoms with E-state index in [0.29, 0.717) is 18.9 Å². The molecule has 2 N–H and O–H groups in total. The Morgan fingerprint density at radius 3 is 2.77 bits per heavy atom. The number of amides is 3. The van der Waals surface area contributed by atoms with Crippen LogP contribution in [0.5, 0.6) is 0 Å². The molecule has 0 spiro atoms. The van der Waals surface area contributed by atoms with Crippen LogP contribution in [0, 0.1) is 0 Å². The fraction of sp³-hybridized carbons (Fsp3) is 0.438. The number of aromatic amines is 1. The number of carbonyl (C=O) groups is 2. The van der Waals surface area contributed by atoms with Crippen molar-refractivity contribution in [3.05, 3.63) is 24.0 Å². The van der Waals surface area contributed by atoms with E-state index in [1.165, 1.54) is 18.4 Å². The molecular formula is C16H22N4O2. The Hall–Kier alpha value is -2.37. The van der Waals surface area contributed by atoms with E-state index in [1.807, 2.05) is 26.1 Å². The topological polar surface area (TPSA) is 78.1 Å². The van der Waals surface area contributed by atoms with Crippen molar-refractivity contribution in [1.29, 1.82) is 0 Å². The standard InChI is InChI=1S/C14H14N4O2.C2H6.H2/c19-12-3-4-18(14(20)17-12)9-5-10-11(8-1-2-8)7-16-13(10)15-6-9;1-2;/h5-8H,1-4H2,(H,15,16)(H,17,19,20);1-2H3;1H. The summed E-state index contributed by atoms with van der Waals surface area (Å²) in [5, 5.41) is 3.41. The Morgan fingerprint density at radius 1 is 1.32 bits per heavy atom. The lowest BCUT2D eigenvalue weighted by molar-refractivity contribution is -0.120. The van der Waals surface area contributed by atoms with Crippen LogP contribution >= 0.6 is 0 Å². The quantitative estimate of drug-likeness (QED) is 0.894. The summed E-state index contributed by atoms with van der Waals surface area (Å²) < 4.78 is 0. The molecule has 2 fully saturated rings. The first-order chi connectivity index (χ1) is 10.7. The van der Waals surface area contributed by atoms with Crippen molar-refractivity contribution in [2.45, 2.75) is 39.0 Å². The Morgan fingerprint density at radius 2 is 2.09 bits per heavy atom. The summed E-state index contributed by atoms with van der Waals surface area (Å²) >= 11 is 0. The minimum atomic E-state index is -0.370. The predicted molar refractivity (Wildman–Crippen MR) is 87.0 cm³/mol. The molecule has 4 rings (SSSR count). The number of carbonyl (C=O) groups excluding carboxylic acids is 2. The molecule has 2 aromatic rings. The molecule has 3 heterocycles. The van der Waals surface area contributed by atoms with E-state index in [0.717, 1.165) is 16.7 Å². The van der Waals surface area contributed by atoms with Gasteiger partial charge in [-0.15, -0.1) is 0 Å². The first-order valence-electron chi connectivity index (χ1n) is 7.81. The third-order valence-corrected chi connectivity index (χ3v) is 3.93. The second-order valence-electron chi connectivity index (χ2n) is 5.36. The third-order valence-electron chi connectivity index (χ3n) is 3.93. The number of anilines is 1. The normalized spacial score (nSPS) is 18.0. The maximum Gasteiger partial charge on any atom is 0.328 e. The molecule has 0 aromatic carbocycles. The van der Waals surface area contributed by atoms with Crippen molar-refractivity contribution in [3.8, 4) is 0 Å². The second kappa shape index (κ2) is 5.79. The fourth-order valence-corrected chi connectivity index (χ4v) is 2.70. The van der Waals surface area contributed by atoms with Crippen molar-refractivity contribution >= 4 is 28.7 Å². The molecule has 0 bridgehead atoms. The highest BCUT2D eigenvalue weighted by atomic mass is 16.2. The number of hydrogen-bond donors (Lipinski definition) is 2. The van der Waals surface area contributed by atoms with Crippen molar-refractivity contribution in [2.75, 3.05) is 11.4 Å². The monoisotopic (exact) mass is 302 g/mol. The molecule has 2 aromatic heterocycles. The minimum absolute atomic E-state index is 0. The minimum Gasteiger partial charge on any atom is -0.346 e. The van der Waals surface area contributed by atoms with E-state index < -0.39 is 0 Å². The Labute approximate surface area is 130 Å². The van der Waals surface area contributed by atoms with Gasteiger partial charge < -0.3 is 4.98 Å². The molecular weight excluding hydrogens is 280 g/mol. The number of hydrogen-bond acceptors (Lipinski definition) is 3. The lowest BCUT2D eigenvalue weighted by atomic mass is 10.1. The Balaban J connectivity index is 0.000000617. The number of fused-ring (bicyclic) bond motifs is 1. The van der Waals surface area contributed by atoms with Crippen LogP contribution in [0.2, 0.25) is 0 Å². The van der Waals surface area contributed by atoms with Gasteiger partial charge in [0.15, 0.2) is 0 Å². The number of rotatable bonds is 2. The van der Waals surface area contributed by atoms with Gasteiger partial charge in [-0.1, -0.05) is 13.8 Å². The zero-order chi connectivity index (χ0) is 15.7. The largest absolute Gasteiger partial charge is 0.346 e. The summed E-state index contributed by atoms with van der Waals surface area (Å²) in [5.74, 6) is 0.401. The first kappa shape index (κ1) is 14.6. The van der Waals surface area contributed by atoms with Crippen LogP contribution < -0.4 is 10.2 Å². The highest BCUT2D eigenvalue weighted by molar-refractivity contribution is 6.06. The van der Waals surface area contributed by atoms with Gasteiger partial charge in [-0.2, -0.15) is 0 Å². The number of pyridine rings is 1. The average Bonchev–Trinajstić information content (AvgIpc) is 3.29. The smallest absolute Gasteiger partial charge is 0.328 e. The van der Waals surface area contributed by atoms with Crippen LogP contribution in [0.3, 0.4) is 0 Å². The SMILES string of the molecule is CC.O=C1CCN(c2cnc3[nH]cc(C4CC4)c3c2)C(=O)N1.[HH]. The molecule has 6 nitrogen and oxygen atoms in total. The van der Waals surface area contributed by atoms with Gasteiger partial charge in [0.2, 0.25) is 5.91 Å². The summed E-state index contributed by atoms with van der Waals surface area (Å²) in [7, 11) is 0. The summed E-state index contributed by atoms with van der Waals surface area (Å²) in [6.45, 7) is 4.40. The zero-order valence-electron chi connectivity index (χ0n) is 12.8. The van der Waals surface area contributed by atoms with Crippen molar-refractivity contribution in [1.82, 2.24) is 15.3 Å². The van der Waals surface area contributed by atoms with Gasteiger partial charge in [-0.25, -0.2) is 9.78 Å². The Kier molecular flexibility index (Phi) is 3.83. The van der Waals surface area contributed by atoms with E-state index in [-0.39, 0.29) is 13.4 Å². The molecule has 1 aliphatic heterocycles. The van der Waals surface area contributed by atoms with Crippen LogP contribution in [0.4, 0.5) is 10.5 Å².